The van der Waals surface area contributed by atoms with Crippen LogP contribution in [-0.2, 0) is 10.0 Å². The van der Waals surface area contributed by atoms with Gasteiger partial charge in [0.05, 0.1) is 22.5 Å². The van der Waals surface area contributed by atoms with Crippen molar-refractivity contribution in [1.82, 2.24) is 4.31 Å². The van der Waals surface area contributed by atoms with Crippen molar-refractivity contribution < 1.29 is 17.6 Å². The molecule has 0 radical (unpaired) electrons. The first kappa shape index (κ1) is 21.0. The standard InChI is InChI=1S/C19H27N3O4S/c1-5-21(6-2)17-12-11-15(27(24,25)22(7-3)8-4)14-16(17)20-19(23)18-10-9-13-26-18/h9-14H,5-8H2,1-4H3,(H,20,23). The molecule has 1 heterocycles. The van der Waals surface area contributed by atoms with Crippen LogP contribution in [0.3, 0.4) is 0 Å². The fourth-order valence-electron chi connectivity index (χ4n) is 2.92. The summed E-state index contributed by atoms with van der Waals surface area (Å²) in [5.41, 5.74) is 1.20. The normalized spacial score (nSPS) is 11.6. The Kier molecular flexibility index (Phi) is 7.04. The van der Waals surface area contributed by atoms with Crippen LogP contribution in [-0.4, -0.2) is 44.8 Å². The molecule has 0 atom stereocenters. The summed E-state index contributed by atoms with van der Waals surface area (Å²) in [6.45, 7) is 9.81. The first-order valence-corrected chi connectivity index (χ1v) is 10.6. The Morgan fingerprint density at radius 3 is 2.22 bits per heavy atom. The van der Waals surface area contributed by atoms with E-state index < -0.39 is 15.9 Å². The summed E-state index contributed by atoms with van der Waals surface area (Å²) in [7, 11) is -3.63. The van der Waals surface area contributed by atoms with Gasteiger partial charge in [-0.15, -0.1) is 0 Å². The Labute approximate surface area is 161 Å². The van der Waals surface area contributed by atoms with Gasteiger partial charge >= 0.3 is 0 Å². The number of rotatable bonds is 9. The van der Waals surface area contributed by atoms with Gasteiger partial charge < -0.3 is 14.6 Å². The van der Waals surface area contributed by atoms with Crippen molar-refractivity contribution in [2.24, 2.45) is 0 Å². The van der Waals surface area contributed by atoms with Crippen LogP contribution in [0.25, 0.3) is 0 Å². The third-order valence-electron chi connectivity index (χ3n) is 4.41. The lowest BCUT2D eigenvalue weighted by atomic mass is 10.2. The second-order valence-electron chi connectivity index (χ2n) is 5.87. The van der Waals surface area contributed by atoms with Gasteiger partial charge in [0.15, 0.2) is 5.76 Å². The van der Waals surface area contributed by atoms with Crippen molar-refractivity contribution in [2.75, 3.05) is 36.4 Å². The second kappa shape index (κ2) is 9.05. The lowest BCUT2D eigenvalue weighted by molar-refractivity contribution is 0.0996. The van der Waals surface area contributed by atoms with E-state index in [-0.39, 0.29) is 10.7 Å². The Morgan fingerprint density at radius 2 is 1.70 bits per heavy atom. The van der Waals surface area contributed by atoms with Crippen LogP contribution in [0.15, 0.2) is 45.9 Å². The fraction of sp³-hybridized carbons (Fsp3) is 0.421. The zero-order chi connectivity index (χ0) is 20.0. The highest BCUT2D eigenvalue weighted by Gasteiger charge is 2.24. The highest BCUT2D eigenvalue weighted by molar-refractivity contribution is 7.89. The van der Waals surface area contributed by atoms with Gasteiger partial charge in [-0.3, -0.25) is 4.79 Å². The van der Waals surface area contributed by atoms with E-state index in [2.05, 4.69) is 5.32 Å². The average Bonchev–Trinajstić information content (AvgIpc) is 3.19. The van der Waals surface area contributed by atoms with Gasteiger partial charge in [-0.25, -0.2) is 8.42 Å². The maximum atomic E-state index is 12.9. The molecule has 148 valence electrons. The molecule has 0 aliphatic rings. The molecule has 8 heteroatoms. The Bertz CT molecular complexity index is 855. The minimum absolute atomic E-state index is 0.150. The van der Waals surface area contributed by atoms with Gasteiger partial charge in [-0.2, -0.15) is 4.31 Å². The van der Waals surface area contributed by atoms with Crippen LogP contribution in [0.1, 0.15) is 38.2 Å². The van der Waals surface area contributed by atoms with Gasteiger partial charge in [0.1, 0.15) is 0 Å². The summed E-state index contributed by atoms with van der Waals surface area (Å²) < 4.78 is 32.3. The quantitative estimate of drug-likeness (QED) is 0.706. The molecule has 0 bridgehead atoms. The van der Waals surface area contributed by atoms with Gasteiger partial charge in [-0.1, -0.05) is 13.8 Å². The summed E-state index contributed by atoms with van der Waals surface area (Å²) in [6.07, 6.45) is 1.42. The van der Waals surface area contributed by atoms with E-state index in [0.717, 1.165) is 18.8 Å². The van der Waals surface area contributed by atoms with Crippen LogP contribution in [0.5, 0.6) is 0 Å². The molecule has 0 unspecified atom stereocenters. The summed E-state index contributed by atoms with van der Waals surface area (Å²) >= 11 is 0. The predicted molar refractivity (Wildman–Crippen MR) is 107 cm³/mol. The monoisotopic (exact) mass is 393 g/mol. The van der Waals surface area contributed by atoms with Crippen LogP contribution >= 0.6 is 0 Å². The number of hydrogen-bond acceptors (Lipinski definition) is 5. The van der Waals surface area contributed by atoms with Crippen molar-refractivity contribution >= 4 is 27.3 Å². The van der Waals surface area contributed by atoms with E-state index >= 15 is 0 Å². The maximum absolute atomic E-state index is 12.9. The van der Waals surface area contributed by atoms with Crippen LogP contribution in [0.4, 0.5) is 11.4 Å². The number of benzene rings is 1. The number of furan rings is 1. The smallest absolute Gasteiger partial charge is 0.291 e. The molecular weight excluding hydrogens is 366 g/mol. The Balaban J connectivity index is 2.50. The van der Waals surface area contributed by atoms with Gasteiger partial charge in [0.25, 0.3) is 5.91 Å². The van der Waals surface area contributed by atoms with Gasteiger partial charge in [-0.05, 0) is 44.2 Å². The van der Waals surface area contributed by atoms with E-state index in [0.29, 0.717) is 18.8 Å². The lowest BCUT2D eigenvalue weighted by Crippen LogP contribution is -2.31. The minimum Gasteiger partial charge on any atom is -0.459 e. The summed E-state index contributed by atoms with van der Waals surface area (Å²) in [5, 5.41) is 2.79. The number of nitrogens with zero attached hydrogens (tertiary/aromatic N) is 2. The molecule has 0 saturated heterocycles. The first-order chi connectivity index (χ1) is 12.9. The SMILES string of the molecule is CCN(CC)c1ccc(S(=O)(=O)N(CC)CC)cc1NC(=O)c1ccco1. The van der Waals surface area contributed by atoms with Crippen molar-refractivity contribution in [2.45, 2.75) is 32.6 Å². The van der Waals surface area contributed by atoms with Crippen LogP contribution in [0, 0.1) is 0 Å². The zero-order valence-corrected chi connectivity index (χ0v) is 17.0. The number of hydrogen-bond donors (Lipinski definition) is 1. The number of anilines is 2. The van der Waals surface area contributed by atoms with Gasteiger partial charge in [0, 0.05) is 26.2 Å². The van der Waals surface area contributed by atoms with Crippen molar-refractivity contribution in [3.63, 3.8) is 0 Å². The molecule has 0 aliphatic heterocycles. The van der Waals surface area contributed by atoms with Crippen molar-refractivity contribution in [1.29, 1.82) is 0 Å². The van der Waals surface area contributed by atoms with Crippen molar-refractivity contribution in [3.05, 3.63) is 42.4 Å². The number of nitrogens with one attached hydrogen (secondary N) is 1. The third kappa shape index (κ3) is 4.51. The van der Waals surface area contributed by atoms with Crippen LogP contribution in [0.2, 0.25) is 0 Å². The molecule has 1 amide bonds. The largest absolute Gasteiger partial charge is 0.459 e. The molecule has 2 rings (SSSR count). The summed E-state index contributed by atoms with van der Waals surface area (Å²) in [4.78, 5) is 14.6. The highest BCUT2D eigenvalue weighted by Crippen LogP contribution is 2.30. The molecule has 1 aromatic heterocycles. The van der Waals surface area contributed by atoms with E-state index in [4.69, 9.17) is 4.42 Å². The fourth-order valence-corrected chi connectivity index (χ4v) is 4.40. The number of carbonyl (C=O) groups is 1. The summed E-state index contributed by atoms with van der Waals surface area (Å²) in [6, 6.07) is 8.03. The molecule has 2 aromatic rings. The molecule has 0 aliphatic carbocycles. The van der Waals surface area contributed by atoms with Crippen LogP contribution < -0.4 is 10.2 Å². The molecular formula is C19H27N3O4S. The number of sulfonamides is 1. The summed E-state index contributed by atoms with van der Waals surface area (Å²) in [5.74, 6) is -0.261. The van der Waals surface area contributed by atoms with E-state index in [1.165, 1.54) is 16.6 Å². The predicted octanol–water partition coefficient (Wildman–Crippen LogP) is 3.41. The Morgan fingerprint density at radius 1 is 1.04 bits per heavy atom. The lowest BCUT2D eigenvalue weighted by Gasteiger charge is -2.25. The number of amides is 1. The molecule has 0 saturated carbocycles. The number of carbonyl (C=O) groups excluding carboxylic acids is 1. The average molecular weight is 394 g/mol. The third-order valence-corrected chi connectivity index (χ3v) is 6.45. The zero-order valence-electron chi connectivity index (χ0n) is 16.2. The van der Waals surface area contributed by atoms with E-state index in [1.807, 2.05) is 18.7 Å². The first-order valence-electron chi connectivity index (χ1n) is 9.12. The molecule has 7 nitrogen and oxygen atoms in total. The molecule has 1 aromatic carbocycles. The van der Waals surface area contributed by atoms with E-state index in [1.54, 1.807) is 38.1 Å². The Hall–Kier alpha value is -2.32. The molecule has 1 N–H and O–H groups in total. The highest BCUT2D eigenvalue weighted by atomic mass is 32.2. The molecule has 0 spiro atoms. The topological polar surface area (TPSA) is 82.9 Å². The second-order valence-corrected chi connectivity index (χ2v) is 7.81. The van der Waals surface area contributed by atoms with Crippen molar-refractivity contribution in [3.8, 4) is 0 Å². The molecule has 27 heavy (non-hydrogen) atoms. The minimum atomic E-state index is -3.63. The maximum Gasteiger partial charge on any atom is 0.291 e. The van der Waals surface area contributed by atoms with E-state index in [9.17, 15) is 13.2 Å². The van der Waals surface area contributed by atoms with Gasteiger partial charge in [0.2, 0.25) is 10.0 Å². The molecule has 0 fully saturated rings.